The van der Waals surface area contributed by atoms with E-state index in [1.165, 1.54) is 20.7 Å². The summed E-state index contributed by atoms with van der Waals surface area (Å²) in [5, 5.41) is 0. The minimum absolute atomic E-state index is 0. The van der Waals surface area contributed by atoms with E-state index in [4.69, 9.17) is 0 Å². The first-order valence-electron chi connectivity index (χ1n) is 5.75. The van der Waals surface area contributed by atoms with Gasteiger partial charge in [-0.25, -0.2) is 0 Å². The van der Waals surface area contributed by atoms with Crippen LogP contribution in [-0.2, 0) is 18.0 Å². The molecule has 0 aromatic heterocycles. The van der Waals surface area contributed by atoms with Crippen LogP contribution in [0.25, 0.3) is 0 Å². The molecule has 102 valence electrons. The van der Waals surface area contributed by atoms with Gasteiger partial charge in [-0.05, 0) is 6.16 Å². The summed E-state index contributed by atoms with van der Waals surface area (Å²) in [5.41, 5.74) is 0. The third kappa shape index (κ3) is 8.02. The fourth-order valence-electron chi connectivity index (χ4n) is 1.02. The summed E-state index contributed by atoms with van der Waals surface area (Å²) in [4.78, 5) is 0. The van der Waals surface area contributed by atoms with Gasteiger partial charge in [-0.1, -0.05) is 13.3 Å². The molecule has 0 aliphatic carbocycles. The fourth-order valence-corrected chi connectivity index (χ4v) is 2.65. The summed E-state index contributed by atoms with van der Waals surface area (Å²) in [6.07, 6.45) is 2.52. The van der Waals surface area contributed by atoms with Crippen LogP contribution in [0.5, 0.6) is 0 Å². The van der Waals surface area contributed by atoms with Crippen LogP contribution in [0.15, 0.2) is 60.7 Å². The predicted octanol–water partition coefficient (Wildman–Crippen LogP) is 3.41. The van der Waals surface area contributed by atoms with Crippen LogP contribution in [0.3, 0.4) is 0 Å². The third-order valence-corrected chi connectivity index (χ3v) is 4.41. The number of hydrogen-bond acceptors (Lipinski definition) is 0. The van der Waals surface area contributed by atoms with E-state index in [2.05, 4.69) is 76.8 Å². The van der Waals surface area contributed by atoms with E-state index in [0.717, 1.165) is 0 Å². The Morgan fingerprint density at radius 2 is 1.17 bits per heavy atom. The van der Waals surface area contributed by atoms with Crippen molar-refractivity contribution in [3.8, 4) is 0 Å². The molecule has 0 saturated heterocycles. The maximum atomic E-state index is 2.66. The Hall–Kier alpha value is -0.178. The van der Waals surface area contributed by atoms with Crippen molar-refractivity contribution >= 4 is 29.7 Å². The molecule has 0 heterocycles. The van der Waals surface area contributed by atoms with Crippen molar-refractivity contribution in [2.45, 2.75) is 13.3 Å². The first kappa shape index (κ1) is 17.8. The molecule has 0 aliphatic heterocycles. The first-order valence-corrected chi connectivity index (χ1v) is 8.12. The van der Waals surface area contributed by atoms with E-state index < -0.39 is 0 Å². The zero-order valence-corrected chi connectivity index (χ0v) is 14.0. The van der Waals surface area contributed by atoms with Gasteiger partial charge in [0.15, 0.2) is 0 Å². The second kappa shape index (κ2) is 11.9. The van der Waals surface area contributed by atoms with E-state index in [0.29, 0.717) is 18.0 Å². The van der Waals surface area contributed by atoms with Gasteiger partial charge in [-0.15, -0.1) is 21.6 Å². The van der Waals surface area contributed by atoms with Crippen molar-refractivity contribution in [2.24, 2.45) is 0 Å². The molecule has 2 aromatic rings. The van der Waals surface area contributed by atoms with Gasteiger partial charge in [0.25, 0.3) is 0 Å². The fraction of sp³-hybridized carbons (Fsp3) is 0.200. The normalized spacial score (nSPS) is 9.00. The van der Waals surface area contributed by atoms with Crippen molar-refractivity contribution < 1.29 is 18.0 Å². The van der Waals surface area contributed by atoms with Gasteiger partial charge in [0.2, 0.25) is 0 Å². The molecule has 2 rings (SSSR count). The second-order valence-electron chi connectivity index (χ2n) is 3.39. The van der Waals surface area contributed by atoms with Gasteiger partial charge >= 0.3 is 86.7 Å². The predicted molar refractivity (Wildman–Crippen MR) is 84.3 cm³/mol. The van der Waals surface area contributed by atoms with E-state index >= 15 is 0 Å². The van der Waals surface area contributed by atoms with Gasteiger partial charge in [-0.3, -0.25) is 0 Å². The molecule has 2 aromatic carbocycles. The monoisotopic (exact) mass is 372 g/mol. The van der Waals surface area contributed by atoms with Crippen LogP contribution in [0.2, 0.25) is 0 Å². The Balaban J connectivity index is 0.000000512. The van der Waals surface area contributed by atoms with Crippen LogP contribution in [-0.4, -0.2) is 6.16 Å². The molecule has 0 aliphatic rings. The Kier molecular flexibility index (Phi) is 11.8. The van der Waals surface area contributed by atoms with Crippen LogP contribution in [0.4, 0.5) is 0 Å². The van der Waals surface area contributed by atoms with Gasteiger partial charge in [0, 0.05) is 0 Å². The van der Waals surface area contributed by atoms with E-state index in [1.54, 1.807) is 0 Å². The average molecular weight is 373 g/mol. The molecule has 0 spiro atoms. The molecule has 1 atom stereocenters. The molecule has 0 N–H and O–H groups in total. The Bertz CT molecular complexity index is 352. The van der Waals surface area contributed by atoms with Crippen molar-refractivity contribution in [3.63, 3.8) is 0 Å². The summed E-state index contributed by atoms with van der Waals surface area (Å²) in [5.74, 6) is 0. The average Bonchev–Trinajstić information content (AvgIpc) is 2.41. The standard InChI is InChI=1S/2C6H5.C3H9P.ClH.Pd/c2*1-2-4-6-5-3-1;1-2-3-4;;/h2*1-5H;2-4H2,1H3;1H;. The third-order valence-electron chi connectivity index (χ3n) is 1.90. The molecular weight excluding hydrogens is 353 g/mol. The Morgan fingerprint density at radius 3 is 1.44 bits per heavy atom. The van der Waals surface area contributed by atoms with Crippen LogP contribution in [0, 0.1) is 0 Å². The molecule has 0 bridgehead atoms. The van der Waals surface area contributed by atoms with Crippen LogP contribution < -0.4 is 8.07 Å². The molecule has 18 heavy (non-hydrogen) atoms. The number of benzene rings is 2. The molecule has 0 saturated carbocycles. The summed E-state index contributed by atoms with van der Waals surface area (Å²) >= 11 is 0.575. The Morgan fingerprint density at radius 1 is 0.833 bits per heavy atom. The second-order valence-corrected chi connectivity index (χ2v) is 6.15. The maximum absolute atomic E-state index is 2.66. The number of halogens is 1. The molecule has 0 fully saturated rings. The molecule has 3 heteroatoms. The molecule has 0 amide bonds. The summed E-state index contributed by atoms with van der Waals surface area (Å²) in [6.45, 7) is 2.16. The van der Waals surface area contributed by atoms with Gasteiger partial charge in [0.1, 0.15) is 0 Å². The van der Waals surface area contributed by atoms with Crippen LogP contribution >= 0.6 is 21.6 Å². The van der Waals surface area contributed by atoms with Crippen molar-refractivity contribution in [1.29, 1.82) is 0 Å². The van der Waals surface area contributed by atoms with Crippen molar-refractivity contribution in [3.05, 3.63) is 60.7 Å². The van der Waals surface area contributed by atoms with Crippen molar-refractivity contribution in [2.75, 3.05) is 6.16 Å². The van der Waals surface area contributed by atoms with E-state index in [9.17, 15) is 0 Å². The molecular formula is C15H20ClPPd. The topological polar surface area (TPSA) is 0 Å². The number of rotatable bonds is 3. The van der Waals surface area contributed by atoms with Gasteiger partial charge in [-0.2, -0.15) is 0 Å². The molecule has 0 nitrogen and oxygen atoms in total. The number of hydrogen-bond donors (Lipinski definition) is 0. The van der Waals surface area contributed by atoms with E-state index in [1.807, 2.05) is 0 Å². The van der Waals surface area contributed by atoms with Crippen molar-refractivity contribution in [1.82, 2.24) is 0 Å². The van der Waals surface area contributed by atoms with Crippen LogP contribution in [0.1, 0.15) is 13.3 Å². The zero-order valence-electron chi connectivity index (χ0n) is 10.5. The summed E-state index contributed by atoms with van der Waals surface area (Å²) in [6, 6.07) is 21.2. The van der Waals surface area contributed by atoms with Gasteiger partial charge in [0.05, 0.1) is 0 Å². The minimum atomic E-state index is 0. The van der Waals surface area contributed by atoms with E-state index in [-0.39, 0.29) is 12.4 Å². The Labute approximate surface area is 127 Å². The zero-order chi connectivity index (χ0) is 12.3. The summed E-state index contributed by atoms with van der Waals surface area (Å²) < 4.78 is 2.84. The van der Waals surface area contributed by atoms with Gasteiger partial charge < -0.3 is 0 Å². The SMILES string of the molecule is CCCP.Cl.c1cc[c]([Pd][c]2ccccc2)cc1. The molecule has 1 unspecified atom stereocenters. The summed E-state index contributed by atoms with van der Waals surface area (Å²) in [7, 11) is 2.66. The quantitative estimate of drug-likeness (QED) is 0.572. The first-order chi connectivity index (χ1) is 8.36. The molecule has 0 radical (unpaired) electrons.